The summed E-state index contributed by atoms with van der Waals surface area (Å²) in [6, 6.07) is 56.4. The standard InChI is InChI=1S/C16H14O5.2C15H11FO4.C15H14O5S.C14H11NO3.C14H10O4/c1-20-14-8-12(7-13(9-17)15(14)18)10-4-3-5-11(6-10)16(19)21-2;1-20-15(19)10-4-2-9(3-5-10)11-6-12(8-17)14(18)13(16)7-11;1-20-15(19)10-4-2-3-9(5-10)11-6-12(8-17)14(18)13(16)7-11;1-3-20-15(18)13-5-4-12(21-13)9-6-10(8-16)14(17)11(7-9)19-2;15-14(18)10-3-1-9(2-4-10)11-5-6-13(17)12(7-11)8-16;15-8-12-7-10(4-5-13(12)16)9-2-1-3-11(6-9)14(17)18/h3-9,18H,1-2H3;2*2-8,18H,1H3;4-8,17H,3H2,1-2H3;1-8,17H,(H2,15,18);1-8,16H,(H,17,18). The van der Waals surface area contributed by atoms with Crippen molar-refractivity contribution in [2.75, 3.05) is 42.2 Å². The molecule has 118 heavy (non-hydrogen) atoms. The van der Waals surface area contributed by atoms with Crippen molar-refractivity contribution in [3.8, 4) is 112 Å². The predicted molar refractivity (Wildman–Crippen MR) is 430 cm³/mol. The Labute approximate surface area is 675 Å². The predicted octanol–water partition coefficient (Wildman–Crippen LogP) is 15.9. The Balaban J connectivity index is 0.000000196. The van der Waals surface area contributed by atoms with Crippen LogP contribution in [0.4, 0.5) is 8.78 Å². The van der Waals surface area contributed by atoms with Gasteiger partial charge in [0.05, 0.1) is 97.8 Å². The largest absolute Gasteiger partial charge is 0.507 e. The van der Waals surface area contributed by atoms with Crippen LogP contribution >= 0.6 is 11.3 Å². The number of carboxylic acids is 1. The maximum atomic E-state index is 13.5. The normalized spacial score (nSPS) is 10.1. The zero-order chi connectivity index (χ0) is 86.4. The number of carboxylic acid groups (broad SMARTS) is 1. The van der Waals surface area contributed by atoms with Crippen LogP contribution in [-0.2, 0) is 18.9 Å². The van der Waals surface area contributed by atoms with Crippen LogP contribution in [0.3, 0.4) is 0 Å². The van der Waals surface area contributed by atoms with Gasteiger partial charge in [0.25, 0.3) is 0 Å². The fraction of sp³-hybridized carbons (Fsp3) is 0.0787. The van der Waals surface area contributed by atoms with E-state index in [1.165, 1.54) is 114 Å². The Hall–Kier alpha value is -15.8. The van der Waals surface area contributed by atoms with Crippen LogP contribution in [0.2, 0.25) is 0 Å². The number of primary amides is 1. The highest BCUT2D eigenvalue weighted by molar-refractivity contribution is 7.17. The molecule has 602 valence electrons. The Morgan fingerprint density at radius 1 is 0.347 bits per heavy atom. The first kappa shape index (κ1) is 89.4. The lowest BCUT2D eigenvalue weighted by Crippen LogP contribution is -2.10. The number of ether oxygens (including phenoxy) is 6. The molecular formula is C89H71F2NO25S. The molecule has 0 aliphatic carbocycles. The number of methoxy groups -OCH3 is 5. The van der Waals surface area contributed by atoms with Gasteiger partial charge in [-0.1, -0.05) is 72.8 Å². The van der Waals surface area contributed by atoms with Gasteiger partial charge in [0.2, 0.25) is 5.91 Å². The van der Waals surface area contributed by atoms with E-state index in [0.717, 1.165) is 28.1 Å². The third kappa shape index (κ3) is 23.2. The fourth-order valence-corrected chi connectivity index (χ4v) is 11.6. The molecule has 0 atom stereocenters. The number of amides is 1. The molecular weight excluding hydrogens is 1550 g/mol. The van der Waals surface area contributed by atoms with Crippen LogP contribution in [0, 0.1) is 11.6 Å². The molecule has 1 amide bonds. The molecule has 0 bridgehead atoms. The average molecular weight is 1620 g/mol. The first-order valence-corrected chi connectivity index (χ1v) is 35.2. The number of carbonyl (C=O) groups excluding carboxylic acids is 11. The summed E-state index contributed by atoms with van der Waals surface area (Å²) in [7, 11) is 6.66. The van der Waals surface area contributed by atoms with Gasteiger partial charge in [0.1, 0.15) is 16.4 Å². The van der Waals surface area contributed by atoms with E-state index in [2.05, 4.69) is 14.2 Å². The van der Waals surface area contributed by atoms with Gasteiger partial charge in [-0.2, -0.15) is 0 Å². The quantitative estimate of drug-likeness (QED) is 0.0188. The molecule has 0 aliphatic rings. The van der Waals surface area contributed by atoms with Crippen LogP contribution in [-0.4, -0.2) is 151 Å². The van der Waals surface area contributed by atoms with Crippen LogP contribution in [0.5, 0.6) is 46.0 Å². The molecule has 29 heteroatoms. The van der Waals surface area contributed by atoms with Gasteiger partial charge in [-0.15, -0.1) is 11.3 Å². The summed E-state index contributed by atoms with van der Waals surface area (Å²) < 4.78 is 55.9. The number of aromatic carboxylic acids is 1. The number of carbonyl (C=O) groups is 12. The SMILES string of the molecule is CCOC(=O)c1ccc(-c2cc(C=O)c(O)c(OC)c2)s1.COC(=O)c1ccc(-c2cc(F)c(O)c(C=O)c2)cc1.COC(=O)c1cccc(-c2cc(C=O)c(O)c(OC)c2)c1.COC(=O)c1cccc(-c2cc(F)c(O)c(C=O)c2)c1.NC(=O)c1ccc(-c2ccc(O)c(C=O)c2)cc1.O=Cc1cc(-c2cccc(C(=O)O)c2)ccc1O. The number of thiophene rings is 1. The molecule has 9 N–H and O–H groups in total. The van der Waals surface area contributed by atoms with E-state index < -0.39 is 52.9 Å². The summed E-state index contributed by atoms with van der Waals surface area (Å²) in [5, 5.41) is 66.0. The van der Waals surface area contributed by atoms with Crippen LogP contribution < -0.4 is 15.2 Å². The second kappa shape index (κ2) is 42.7. The van der Waals surface area contributed by atoms with Gasteiger partial charge in [0, 0.05) is 10.4 Å². The third-order valence-corrected chi connectivity index (χ3v) is 18.0. The van der Waals surface area contributed by atoms with E-state index >= 15 is 0 Å². The molecule has 0 unspecified atom stereocenters. The molecule has 0 saturated carbocycles. The molecule has 0 saturated heterocycles. The number of hydrogen-bond acceptors (Lipinski definition) is 25. The van der Waals surface area contributed by atoms with Gasteiger partial charge >= 0.3 is 29.8 Å². The van der Waals surface area contributed by atoms with Crippen molar-refractivity contribution in [3.05, 3.63) is 296 Å². The highest BCUT2D eigenvalue weighted by Crippen LogP contribution is 2.39. The van der Waals surface area contributed by atoms with Crippen molar-refractivity contribution in [1.29, 1.82) is 0 Å². The Morgan fingerprint density at radius 3 is 1.08 bits per heavy atom. The van der Waals surface area contributed by atoms with Crippen molar-refractivity contribution in [1.82, 2.24) is 0 Å². The number of phenols is 6. The van der Waals surface area contributed by atoms with Gasteiger partial charge in [-0.05, 0) is 214 Å². The van der Waals surface area contributed by atoms with Crippen molar-refractivity contribution >= 4 is 84.8 Å². The Kier molecular flexibility index (Phi) is 32.4. The number of esters is 4. The highest BCUT2D eigenvalue weighted by Gasteiger charge is 2.20. The molecule has 11 aromatic carbocycles. The van der Waals surface area contributed by atoms with Gasteiger partial charge in [-0.25, -0.2) is 32.8 Å². The van der Waals surface area contributed by atoms with E-state index in [9.17, 15) is 97.0 Å². The summed E-state index contributed by atoms with van der Waals surface area (Å²) in [5.74, 6) is -6.58. The van der Waals surface area contributed by atoms with Crippen molar-refractivity contribution in [2.45, 2.75) is 6.92 Å². The number of aromatic hydroxyl groups is 6. The first-order chi connectivity index (χ1) is 56.6. The smallest absolute Gasteiger partial charge is 0.348 e. The summed E-state index contributed by atoms with van der Waals surface area (Å²) in [5.41, 5.74) is 14.2. The minimum Gasteiger partial charge on any atom is -0.507 e. The van der Waals surface area contributed by atoms with Crippen molar-refractivity contribution < 1.29 is 130 Å². The van der Waals surface area contributed by atoms with Crippen molar-refractivity contribution in [2.24, 2.45) is 5.73 Å². The maximum Gasteiger partial charge on any atom is 0.348 e. The zero-order valence-corrected chi connectivity index (χ0v) is 64.0. The number of nitrogens with two attached hydrogens (primary N) is 1. The summed E-state index contributed by atoms with van der Waals surface area (Å²) in [6.45, 7) is 2.06. The topological polar surface area (TPSA) is 428 Å². The number of hydrogen-bond donors (Lipinski definition) is 8. The second-order valence-corrected chi connectivity index (χ2v) is 25.3. The molecule has 0 aliphatic heterocycles. The summed E-state index contributed by atoms with van der Waals surface area (Å²) in [6.07, 6.45) is 3.00. The molecule has 1 aromatic heterocycles. The van der Waals surface area contributed by atoms with Crippen LogP contribution in [0.15, 0.2) is 218 Å². The second-order valence-electron chi connectivity index (χ2n) is 24.2. The number of benzene rings is 11. The van der Waals surface area contributed by atoms with Crippen LogP contribution in [0.1, 0.15) is 131 Å². The lowest BCUT2D eigenvalue weighted by atomic mass is 10.00. The monoisotopic (exact) mass is 1620 g/mol. The number of phenolic OH excluding ortho intramolecular Hbond substituents is 6. The zero-order valence-electron chi connectivity index (χ0n) is 63.2. The molecule has 12 rings (SSSR count). The van der Waals surface area contributed by atoms with Gasteiger partial charge < -0.3 is 69.9 Å². The summed E-state index contributed by atoms with van der Waals surface area (Å²) in [4.78, 5) is 134. The average Bonchev–Trinajstić information content (AvgIpc) is 1.27. The Bertz CT molecular complexity index is 5740. The number of aldehydes is 6. The Morgan fingerprint density at radius 2 is 0.678 bits per heavy atom. The third-order valence-electron chi connectivity index (χ3n) is 16.8. The van der Waals surface area contributed by atoms with E-state index in [1.54, 1.807) is 146 Å². The molecule has 12 aromatic rings. The lowest BCUT2D eigenvalue weighted by molar-refractivity contribution is 0.0528. The lowest BCUT2D eigenvalue weighted by Gasteiger charge is -2.10. The first-order valence-electron chi connectivity index (χ1n) is 34.4. The van der Waals surface area contributed by atoms with Crippen molar-refractivity contribution in [3.63, 3.8) is 0 Å². The van der Waals surface area contributed by atoms with Gasteiger partial charge in [-0.3, -0.25) is 33.6 Å². The van der Waals surface area contributed by atoms with E-state index in [1.807, 2.05) is 0 Å². The molecule has 0 fully saturated rings. The number of halogens is 2. The van der Waals surface area contributed by atoms with E-state index in [-0.39, 0.29) is 79.4 Å². The minimum absolute atomic E-state index is 0.0532. The molecule has 26 nitrogen and oxygen atoms in total. The minimum atomic E-state index is -1.01. The highest BCUT2D eigenvalue weighted by atomic mass is 32.1. The molecule has 0 spiro atoms. The number of rotatable bonds is 21. The fourth-order valence-electron chi connectivity index (χ4n) is 10.7. The molecule has 0 radical (unpaired) electrons. The maximum absolute atomic E-state index is 13.5. The van der Waals surface area contributed by atoms with E-state index in [4.69, 9.17) is 25.1 Å². The van der Waals surface area contributed by atoms with Crippen LogP contribution in [0.25, 0.3) is 66.1 Å². The molecule has 1 heterocycles. The van der Waals surface area contributed by atoms with E-state index in [0.29, 0.717) is 122 Å². The summed E-state index contributed by atoms with van der Waals surface area (Å²) >= 11 is 1.25. The van der Waals surface area contributed by atoms with Gasteiger partial charge in [0.15, 0.2) is 83.8 Å².